The summed E-state index contributed by atoms with van der Waals surface area (Å²) in [4.78, 5) is 0. The van der Waals surface area contributed by atoms with Crippen LogP contribution >= 0.6 is 0 Å². The largest absolute Gasteiger partial charge is 0.274 e. The van der Waals surface area contributed by atoms with E-state index in [-0.39, 0.29) is 0 Å². The van der Waals surface area contributed by atoms with E-state index in [1.165, 1.54) is 0 Å². The molecule has 0 unspecified atom stereocenters. The highest BCUT2D eigenvalue weighted by Crippen LogP contribution is 2.14. The molecule has 0 heterocycles. The van der Waals surface area contributed by atoms with Crippen molar-refractivity contribution in [2.45, 2.75) is 13.3 Å². The van der Waals surface area contributed by atoms with Crippen molar-refractivity contribution in [3.8, 4) is 0 Å². The van der Waals surface area contributed by atoms with E-state index in [0.717, 1.165) is 0 Å². The Balaban J connectivity index is 4.00. The lowest BCUT2D eigenvalue weighted by Gasteiger charge is -1.92. The first-order valence-electron chi connectivity index (χ1n) is 1.85. The highest BCUT2D eigenvalue weighted by molar-refractivity contribution is 5.00. The van der Waals surface area contributed by atoms with Crippen molar-refractivity contribution in [2.24, 2.45) is 0 Å². The van der Waals surface area contributed by atoms with E-state index >= 15 is 0 Å². The maximum atomic E-state index is 11.1. The van der Waals surface area contributed by atoms with Gasteiger partial charge < -0.3 is 0 Å². The Labute approximate surface area is 43.8 Å². The minimum Gasteiger partial charge on any atom is -0.205 e. The number of rotatable bonds is 1. The molecule has 0 fully saturated rings. The fourth-order valence-corrected chi connectivity index (χ4v) is 0.0825. The first-order valence-corrected chi connectivity index (χ1v) is 1.85. The zero-order valence-electron chi connectivity index (χ0n) is 4.09. The molecule has 0 aliphatic rings. The van der Waals surface area contributed by atoms with Gasteiger partial charge in [-0.05, 0) is 6.92 Å². The van der Waals surface area contributed by atoms with Crippen molar-refractivity contribution >= 4 is 0 Å². The van der Waals surface area contributed by atoms with Crippen LogP contribution in [0.5, 0.6) is 0 Å². The van der Waals surface area contributed by atoms with Gasteiger partial charge in [-0.3, -0.25) is 0 Å². The summed E-state index contributed by atoms with van der Waals surface area (Å²) in [5.41, 5.74) is -1.15. The zero-order chi connectivity index (χ0) is 6.73. The summed E-state index contributed by atoms with van der Waals surface area (Å²) < 4.78 is 44.4. The SMILES string of the molecule is CC(=C(F)F)C(F)F. The minimum absolute atomic E-state index is 0.694. The molecule has 0 aliphatic heterocycles. The molecule has 0 aromatic carbocycles. The van der Waals surface area contributed by atoms with Gasteiger partial charge in [0.1, 0.15) is 0 Å². The summed E-state index contributed by atoms with van der Waals surface area (Å²) in [5.74, 6) is 0. The number of halogens is 4. The second-order valence-electron chi connectivity index (χ2n) is 1.24. The van der Waals surface area contributed by atoms with E-state index in [1.54, 1.807) is 0 Å². The summed E-state index contributed by atoms with van der Waals surface area (Å²) in [6.07, 6.45) is -5.32. The summed E-state index contributed by atoms with van der Waals surface area (Å²) in [6.45, 7) is 0.694. The lowest BCUT2D eigenvalue weighted by molar-refractivity contribution is 0.179. The van der Waals surface area contributed by atoms with Crippen LogP contribution in [0.25, 0.3) is 0 Å². The number of hydrogen-bond donors (Lipinski definition) is 0. The summed E-state index contributed by atoms with van der Waals surface area (Å²) >= 11 is 0. The van der Waals surface area contributed by atoms with E-state index in [0.29, 0.717) is 6.92 Å². The zero-order valence-corrected chi connectivity index (χ0v) is 4.09. The summed E-state index contributed by atoms with van der Waals surface area (Å²) in [5, 5.41) is 0. The van der Waals surface area contributed by atoms with Gasteiger partial charge in [0.25, 0.3) is 12.5 Å². The van der Waals surface area contributed by atoms with Crippen LogP contribution in [0.15, 0.2) is 11.7 Å². The van der Waals surface area contributed by atoms with E-state index in [1.807, 2.05) is 0 Å². The third-order valence-corrected chi connectivity index (χ3v) is 0.625. The quantitative estimate of drug-likeness (QED) is 0.475. The number of allylic oxidation sites excluding steroid dienone is 1. The van der Waals surface area contributed by atoms with E-state index < -0.39 is 18.1 Å². The maximum absolute atomic E-state index is 11.1. The van der Waals surface area contributed by atoms with Crippen molar-refractivity contribution in [1.82, 2.24) is 0 Å². The Hall–Kier alpha value is -0.540. The van der Waals surface area contributed by atoms with Gasteiger partial charge in [-0.2, -0.15) is 8.78 Å². The molecule has 0 amide bonds. The van der Waals surface area contributed by atoms with Crippen LogP contribution in [0.4, 0.5) is 17.6 Å². The second-order valence-corrected chi connectivity index (χ2v) is 1.24. The van der Waals surface area contributed by atoms with Crippen molar-refractivity contribution in [1.29, 1.82) is 0 Å². The maximum Gasteiger partial charge on any atom is 0.274 e. The minimum atomic E-state index is -3.03. The average molecular weight is 128 g/mol. The van der Waals surface area contributed by atoms with Crippen LogP contribution in [-0.2, 0) is 0 Å². The van der Waals surface area contributed by atoms with Gasteiger partial charge in [-0.25, -0.2) is 8.78 Å². The molecule has 0 aromatic heterocycles. The normalized spacial score (nSPS) is 9.75. The fourth-order valence-electron chi connectivity index (χ4n) is 0.0825. The topological polar surface area (TPSA) is 0 Å². The highest BCUT2D eigenvalue weighted by atomic mass is 19.3. The molecule has 4 heteroatoms. The van der Waals surface area contributed by atoms with Gasteiger partial charge in [-0.15, -0.1) is 0 Å². The molecular formula is C4H4F4. The van der Waals surface area contributed by atoms with Crippen LogP contribution in [0.3, 0.4) is 0 Å². The van der Waals surface area contributed by atoms with E-state index in [9.17, 15) is 17.6 Å². The molecule has 8 heavy (non-hydrogen) atoms. The molecule has 0 aromatic rings. The molecule has 0 bridgehead atoms. The molecule has 0 saturated carbocycles. The molecule has 0 aliphatic carbocycles. The van der Waals surface area contributed by atoms with Gasteiger partial charge in [0.05, 0.1) is 5.57 Å². The van der Waals surface area contributed by atoms with Crippen LogP contribution in [-0.4, -0.2) is 6.43 Å². The predicted molar refractivity (Wildman–Crippen MR) is 20.9 cm³/mol. The fraction of sp³-hybridized carbons (Fsp3) is 0.500. The van der Waals surface area contributed by atoms with Gasteiger partial charge in [-0.1, -0.05) is 0 Å². The molecule has 0 radical (unpaired) electrons. The lowest BCUT2D eigenvalue weighted by Crippen LogP contribution is -1.91. The smallest absolute Gasteiger partial charge is 0.205 e. The van der Waals surface area contributed by atoms with Crippen molar-refractivity contribution < 1.29 is 17.6 Å². The summed E-state index contributed by atoms with van der Waals surface area (Å²) in [7, 11) is 0. The molecule has 0 rings (SSSR count). The first kappa shape index (κ1) is 7.46. The Morgan fingerprint density at radius 1 is 1.25 bits per heavy atom. The van der Waals surface area contributed by atoms with Crippen molar-refractivity contribution in [3.63, 3.8) is 0 Å². The van der Waals surface area contributed by atoms with Crippen LogP contribution in [0.1, 0.15) is 6.92 Å². The third-order valence-electron chi connectivity index (χ3n) is 0.625. The van der Waals surface area contributed by atoms with E-state index in [4.69, 9.17) is 0 Å². The van der Waals surface area contributed by atoms with Gasteiger partial charge >= 0.3 is 0 Å². The third kappa shape index (κ3) is 1.95. The van der Waals surface area contributed by atoms with Gasteiger partial charge in [0, 0.05) is 0 Å². The Morgan fingerprint density at radius 3 is 1.62 bits per heavy atom. The van der Waals surface area contributed by atoms with Gasteiger partial charge in [0.2, 0.25) is 0 Å². The first-order chi connectivity index (χ1) is 3.55. The Bertz CT molecular complexity index is 101. The standard InChI is InChI=1S/C4H4F4/c1-2(3(5)6)4(7)8/h3H,1H3. The molecule has 0 saturated heterocycles. The van der Waals surface area contributed by atoms with Crippen molar-refractivity contribution in [3.05, 3.63) is 11.7 Å². The average Bonchev–Trinajstić information content (AvgIpc) is 1.64. The molecule has 0 atom stereocenters. The van der Waals surface area contributed by atoms with Crippen molar-refractivity contribution in [2.75, 3.05) is 0 Å². The second kappa shape index (κ2) is 2.69. The predicted octanol–water partition coefficient (Wildman–Crippen LogP) is 2.42. The molecule has 48 valence electrons. The molecule has 0 N–H and O–H groups in total. The number of alkyl halides is 2. The van der Waals surface area contributed by atoms with Crippen LogP contribution in [0.2, 0.25) is 0 Å². The number of hydrogen-bond acceptors (Lipinski definition) is 0. The Morgan fingerprint density at radius 2 is 1.62 bits per heavy atom. The van der Waals surface area contributed by atoms with E-state index in [2.05, 4.69) is 0 Å². The summed E-state index contributed by atoms with van der Waals surface area (Å²) in [6, 6.07) is 0. The molecule has 0 spiro atoms. The Kier molecular flexibility index (Phi) is 2.51. The molecule has 0 nitrogen and oxygen atoms in total. The molecular weight excluding hydrogens is 124 g/mol. The highest BCUT2D eigenvalue weighted by Gasteiger charge is 2.10. The van der Waals surface area contributed by atoms with Crippen LogP contribution < -0.4 is 0 Å². The monoisotopic (exact) mass is 128 g/mol. The van der Waals surface area contributed by atoms with Gasteiger partial charge in [0.15, 0.2) is 0 Å². The lowest BCUT2D eigenvalue weighted by atomic mass is 10.4. The van der Waals surface area contributed by atoms with Crippen LogP contribution in [0, 0.1) is 0 Å².